The molecule has 0 saturated carbocycles. The summed E-state index contributed by atoms with van der Waals surface area (Å²) in [6.07, 6.45) is 0. The van der Waals surface area contributed by atoms with Crippen LogP contribution in [0, 0.1) is 0 Å². The van der Waals surface area contributed by atoms with Crippen LogP contribution in [-0.2, 0) is 4.79 Å². The Kier molecular flexibility index (Phi) is 4.87. The predicted octanol–water partition coefficient (Wildman–Crippen LogP) is 1.72. The minimum atomic E-state index is -0.446. The number of carbonyl (C=O) groups excluding carboxylic acids is 3. The molecule has 2 aromatic carbocycles. The Morgan fingerprint density at radius 3 is 1.73 bits per heavy atom. The first-order chi connectivity index (χ1) is 10.6. The van der Waals surface area contributed by atoms with E-state index in [1.54, 1.807) is 54.6 Å². The van der Waals surface area contributed by atoms with Gasteiger partial charge in [0.05, 0.1) is 0 Å². The van der Waals surface area contributed by atoms with Crippen molar-refractivity contribution in [3.8, 4) is 0 Å². The van der Waals surface area contributed by atoms with Crippen molar-refractivity contribution in [1.82, 2.24) is 10.9 Å². The van der Waals surface area contributed by atoms with Gasteiger partial charge in [0.2, 0.25) is 5.91 Å². The molecule has 0 aliphatic carbocycles. The summed E-state index contributed by atoms with van der Waals surface area (Å²) in [7, 11) is 0. The third kappa shape index (κ3) is 4.17. The summed E-state index contributed by atoms with van der Waals surface area (Å²) < 4.78 is 0. The topological polar surface area (TPSA) is 87.3 Å². The van der Waals surface area contributed by atoms with Gasteiger partial charge in [-0.2, -0.15) is 0 Å². The van der Waals surface area contributed by atoms with E-state index >= 15 is 0 Å². The van der Waals surface area contributed by atoms with Crippen molar-refractivity contribution < 1.29 is 14.4 Å². The van der Waals surface area contributed by atoms with Crippen LogP contribution in [-0.4, -0.2) is 17.7 Å². The summed E-state index contributed by atoms with van der Waals surface area (Å²) in [5.74, 6) is -1.03. The zero-order valence-corrected chi connectivity index (χ0v) is 11.9. The molecule has 2 rings (SSSR count). The molecule has 0 aliphatic heterocycles. The van der Waals surface area contributed by atoms with Crippen LogP contribution in [0.25, 0.3) is 0 Å². The van der Waals surface area contributed by atoms with Crippen LogP contribution in [0.5, 0.6) is 0 Å². The predicted molar refractivity (Wildman–Crippen MR) is 82.1 cm³/mol. The average molecular weight is 297 g/mol. The number of nitrogens with one attached hydrogen (secondary N) is 3. The molecule has 6 nitrogen and oxygen atoms in total. The molecule has 0 saturated heterocycles. The van der Waals surface area contributed by atoms with E-state index in [0.717, 1.165) is 0 Å². The SMILES string of the molecule is CC(=O)Nc1ccc(C(=O)NNC(=O)c2ccccc2)cc1. The van der Waals surface area contributed by atoms with Gasteiger partial charge in [0, 0.05) is 23.7 Å². The molecule has 0 bridgehead atoms. The first-order valence-corrected chi connectivity index (χ1v) is 6.59. The van der Waals surface area contributed by atoms with Crippen LogP contribution in [0.3, 0.4) is 0 Å². The number of hydrazine groups is 1. The standard InChI is InChI=1S/C16H15N3O3/c1-11(20)17-14-9-7-13(8-10-14)16(22)19-18-15(21)12-5-3-2-4-6-12/h2-10H,1H3,(H,17,20)(H,18,21)(H,19,22). The number of hydrogen-bond acceptors (Lipinski definition) is 3. The van der Waals surface area contributed by atoms with Gasteiger partial charge >= 0.3 is 0 Å². The van der Waals surface area contributed by atoms with Gasteiger partial charge in [-0.25, -0.2) is 0 Å². The summed E-state index contributed by atoms with van der Waals surface area (Å²) in [6.45, 7) is 1.40. The van der Waals surface area contributed by atoms with Crippen molar-refractivity contribution in [2.24, 2.45) is 0 Å². The maximum absolute atomic E-state index is 11.9. The van der Waals surface area contributed by atoms with Gasteiger partial charge in [-0.3, -0.25) is 25.2 Å². The summed E-state index contributed by atoms with van der Waals surface area (Å²) in [4.78, 5) is 34.6. The second kappa shape index (κ2) is 7.03. The van der Waals surface area contributed by atoms with Gasteiger partial charge in [0.1, 0.15) is 0 Å². The Morgan fingerprint density at radius 1 is 0.727 bits per heavy atom. The Bertz CT molecular complexity index is 682. The number of hydrogen-bond donors (Lipinski definition) is 3. The minimum absolute atomic E-state index is 0.188. The fourth-order valence-electron chi connectivity index (χ4n) is 1.76. The van der Waals surface area contributed by atoms with Crippen molar-refractivity contribution in [3.05, 3.63) is 65.7 Å². The second-order valence-corrected chi connectivity index (χ2v) is 4.53. The highest BCUT2D eigenvalue weighted by Crippen LogP contribution is 2.09. The maximum atomic E-state index is 11.9. The average Bonchev–Trinajstić information content (AvgIpc) is 2.53. The van der Waals surface area contributed by atoms with Gasteiger partial charge < -0.3 is 5.32 Å². The molecule has 0 unspecified atom stereocenters. The molecule has 0 radical (unpaired) electrons. The van der Waals surface area contributed by atoms with Crippen molar-refractivity contribution >= 4 is 23.4 Å². The van der Waals surface area contributed by atoms with Crippen molar-refractivity contribution in [2.75, 3.05) is 5.32 Å². The van der Waals surface area contributed by atoms with E-state index in [0.29, 0.717) is 16.8 Å². The van der Waals surface area contributed by atoms with Gasteiger partial charge in [0.25, 0.3) is 11.8 Å². The van der Waals surface area contributed by atoms with Crippen LogP contribution in [0.4, 0.5) is 5.69 Å². The monoisotopic (exact) mass is 297 g/mol. The first-order valence-electron chi connectivity index (χ1n) is 6.59. The molecular formula is C16H15N3O3. The molecule has 0 fully saturated rings. The molecule has 0 spiro atoms. The summed E-state index contributed by atoms with van der Waals surface area (Å²) >= 11 is 0. The van der Waals surface area contributed by atoms with E-state index in [2.05, 4.69) is 16.2 Å². The number of benzene rings is 2. The zero-order chi connectivity index (χ0) is 15.9. The third-order valence-corrected chi connectivity index (χ3v) is 2.79. The molecule has 2 aromatic rings. The molecule has 3 amide bonds. The van der Waals surface area contributed by atoms with Gasteiger partial charge in [-0.1, -0.05) is 18.2 Å². The number of rotatable bonds is 3. The van der Waals surface area contributed by atoms with Gasteiger partial charge in [0.15, 0.2) is 0 Å². The molecule has 0 atom stereocenters. The van der Waals surface area contributed by atoms with Gasteiger partial charge in [-0.15, -0.1) is 0 Å². The van der Waals surface area contributed by atoms with Crippen molar-refractivity contribution in [1.29, 1.82) is 0 Å². The van der Waals surface area contributed by atoms with E-state index in [4.69, 9.17) is 0 Å². The summed E-state index contributed by atoms with van der Waals surface area (Å²) in [6, 6.07) is 14.9. The second-order valence-electron chi connectivity index (χ2n) is 4.53. The lowest BCUT2D eigenvalue weighted by Gasteiger charge is -2.08. The Labute approximate surface area is 127 Å². The number of carbonyl (C=O) groups is 3. The Morgan fingerprint density at radius 2 is 1.23 bits per heavy atom. The zero-order valence-electron chi connectivity index (χ0n) is 11.9. The minimum Gasteiger partial charge on any atom is -0.326 e. The van der Waals surface area contributed by atoms with Crippen molar-refractivity contribution in [2.45, 2.75) is 6.92 Å². The Hall–Kier alpha value is -3.15. The van der Waals surface area contributed by atoms with Crippen LogP contribution in [0.15, 0.2) is 54.6 Å². The molecular weight excluding hydrogens is 282 g/mol. The summed E-state index contributed by atoms with van der Waals surface area (Å²) in [5.41, 5.74) is 6.07. The normalized spacial score (nSPS) is 9.68. The lowest BCUT2D eigenvalue weighted by Crippen LogP contribution is -2.41. The fraction of sp³-hybridized carbons (Fsp3) is 0.0625. The van der Waals surface area contributed by atoms with E-state index < -0.39 is 11.8 Å². The van der Waals surface area contributed by atoms with Crippen LogP contribution in [0.1, 0.15) is 27.6 Å². The highest BCUT2D eigenvalue weighted by atomic mass is 16.2. The lowest BCUT2D eigenvalue weighted by molar-refractivity contribution is -0.114. The number of anilines is 1. The molecule has 112 valence electrons. The molecule has 3 N–H and O–H groups in total. The first kappa shape index (κ1) is 15.2. The van der Waals surface area contributed by atoms with Crippen molar-refractivity contribution in [3.63, 3.8) is 0 Å². The van der Waals surface area contributed by atoms with E-state index in [1.165, 1.54) is 6.92 Å². The number of amides is 3. The molecule has 0 aliphatic rings. The summed E-state index contributed by atoms with van der Waals surface area (Å²) in [5, 5.41) is 2.60. The smallest absolute Gasteiger partial charge is 0.269 e. The van der Waals surface area contributed by atoms with Gasteiger partial charge in [-0.05, 0) is 36.4 Å². The molecule has 6 heteroatoms. The van der Waals surface area contributed by atoms with Crippen LogP contribution >= 0.6 is 0 Å². The fourth-order valence-corrected chi connectivity index (χ4v) is 1.76. The molecule has 22 heavy (non-hydrogen) atoms. The van der Waals surface area contributed by atoms with E-state index in [1.807, 2.05) is 0 Å². The highest BCUT2D eigenvalue weighted by Gasteiger charge is 2.08. The lowest BCUT2D eigenvalue weighted by atomic mass is 10.2. The third-order valence-electron chi connectivity index (χ3n) is 2.79. The quantitative estimate of drug-likeness (QED) is 0.754. The molecule has 0 aromatic heterocycles. The highest BCUT2D eigenvalue weighted by molar-refractivity contribution is 5.99. The Balaban J connectivity index is 1.92. The van der Waals surface area contributed by atoms with Crippen LogP contribution in [0.2, 0.25) is 0 Å². The molecule has 0 heterocycles. The largest absolute Gasteiger partial charge is 0.326 e. The van der Waals surface area contributed by atoms with E-state index in [9.17, 15) is 14.4 Å². The van der Waals surface area contributed by atoms with Crippen LogP contribution < -0.4 is 16.2 Å². The van der Waals surface area contributed by atoms with E-state index in [-0.39, 0.29) is 5.91 Å². The maximum Gasteiger partial charge on any atom is 0.269 e.